The Morgan fingerprint density at radius 2 is 1.89 bits per heavy atom. The van der Waals surface area contributed by atoms with Crippen molar-refractivity contribution in [3.05, 3.63) is 34.9 Å². The van der Waals surface area contributed by atoms with Gasteiger partial charge in [-0.1, -0.05) is 30.5 Å². The van der Waals surface area contributed by atoms with Gasteiger partial charge in [0.2, 0.25) is 0 Å². The number of amides is 1. The molecule has 0 unspecified atom stereocenters. The van der Waals surface area contributed by atoms with Crippen LogP contribution < -0.4 is 11.1 Å². The predicted octanol–water partition coefficient (Wildman–Crippen LogP) is 2.55. The molecule has 3 nitrogen and oxygen atoms in total. The number of rotatable bonds is 7. The zero-order chi connectivity index (χ0) is 13.4. The molecule has 1 aromatic rings. The molecule has 3 N–H and O–H groups in total. The van der Waals surface area contributed by atoms with E-state index >= 15 is 0 Å². The van der Waals surface area contributed by atoms with Crippen LogP contribution in [0.4, 0.5) is 0 Å². The molecular weight excluding hydrogens is 224 g/mol. The number of hydrogen-bond acceptors (Lipinski definition) is 2. The minimum atomic E-state index is 0.0336. The maximum Gasteiger partial charge on any atom is 0.251 e. The number of carbonyl (C=O) groups is 1. The second kappa shape index (κ2) is 7.88. The fraction of sp³-hybridized carbons (Fsp3) is 0.533. The van der Waals surface area contributed by atoms with E-state index in [1.54, 1.807) is 0 Å². The zero-order valence-corrected chi connectivity index (χ0v) is 11.5. The Kier molecular flexibility index (Phi) is 6.44. The summed E-state index contributed by atoms with van der Waals surface area (Å²) in [7, 11) is 0. The highest BCUT2D eigenvalue weighted by molar-refractivity contribution is 5.95. The van der Waals surface area contributed by atoms with E-state index in [1.165, 1.54) is 5.56 Å². The fourth-order valence-electron chi connectivity index (χ4n) is 1.99. The molecule has 0 spiro atoms. The monoisotopic (exact) mass is 248 g/mol. The second-order valence-electron chi connectivity index (χ2n) is 4.78. The molecule has 1 aromatic carbocycles. The minimum Gasteiger partial charge on any atom is -0.352 e. The van der Waals surface area contributed by atoms with Gasteiger partial charge in [-0.15, -0.1) is 0 Å². The second-order valence-corrected chi connectivity index (χ2v) is 4.78. The molecule has 18 heavy (non-hydrogen) atoms. The molecule has 0 bridgehead atoms. The molecule has 0 atom stereocenters. The third kappa shape index (κ3) is 4.88. The summed E-state index contributed by atoms with van der Waals surface area (Å²) in [6.07, 6.45) is 4.38. The summed E-state index contributed by atoms with van der Waals surface area (Å²) >= 11 is 0. The van der Waals surface area contributed by atoms with Crippen molar-refractivity contribution < 1.29 is 4.79 Å². The lowest BCUT2D eigenvalue weighted by molar-refractivity contribution is 0.0952. The Morgan fingerprint density at radius 1 is 1.17 bits per heavy atom. The van der Waals surface area contributed by atoms with Gasteiger partial charge in [-0.2, -0.15) is 0 Å². The molecule has 0 saturated carbocycles. The first-order chi connectivity index (χ1) is 8.65. The van der Waals surface area contributed by atoms with Gasteiger partial charge in [0.15, 0.2) is 0 Å². The maximum atomic E-state index is 11.9. The van der Waals surface area contributed by atoms with Crippen LogP contribution >= 0.6 is 0 Å². The standard InChI is InChI=1S/C15H24N2O/c1-12-7-8-14(13(2)11-12)15(18)17-10-6-4-3-5-9-16/h7-8,11H,3-6,9-10,16H2,1-2H3,(H,17,18). The Labute approximate surface area is 110 Å². The number of nitrogens with one attached hydrogen (secondary N) is 1. The summed E-state index contributed by atoms with van der Waals surface area (Å²) in [5.74, 6) is 0.0336. The first-order valence-corrected chi connectivity index (χ1v) is 6.70. The Bertz CT molecular complexity index is 388. The van der Waals surface area contributed by atoms with Crippen LogP contribution in [0.2, 0.25) is 0 Å². The van der Waals surface area contributed by atoms with Crippen LogP contribution in [0.3, 0.4) is 0 Å². The van der Waals surface area contributed by atoms with E-state index < -0.39 is 0 Å². The number of carbonyl (C=O) groups excluding carboxylic acids is 1. The van der Waals surface area contributed by atoms with E-state index in [0.29, 0.717) is 0 Å². The number of unbranched alkanes of at least 4 members (excludes halogenated alkanes) is 3. The van der Waals surface area contributed by atoms with Crippen molar-refractivity contribution in [2.75, 3.05) is 13.1 Å². The van der Waals surface area contributed by atoms with Crippen LogP contribution in [0.15, 0.2) is 18.2 Å². The van der Waals surface area contributed by atoms with E-state index in [4.69, 9.17) is 5.73 Å². The van der Waals surface area contributed by atoms with Crippen molar-refractivity contribution in [3.8, 4) is 0 Å². The summed E-state index contributed by atoms with van der Waals surface area (Å²) in [4.78, 5) is 11.9. The Balaban J connectivity index is 2.32. The number of hydrogen-bond donors (Lipinski definition) is 2. The summed E-state index contributed by atoms with van der Waals surface area (Å²) < 4.78 is 0. The average molecular weight is 248 g/mol. The molecule has 1 rings (SSSR count). The molecule has 0 aliphatic heterocycles. The highest BCUT2D eigenvalue weighted by Crippen LogP contribution is 2.10. The molecular formula is C15H24N2O. The number of aryl methyl sites for hydroxylation is 2. The summed E-state index contributed by atoms with van der Waals surface area (Å²) in [5.41, 5.74) is 8.43. The van der Waals surface area contributed by atoms with Crippen LogP contribution in [-0.4, -0.2) is 19.0 Å². The highest BCUT2D eigenvalue weighted by Gasteiger charge is 2.07. The van der Waals surface area contributed by atoms with Gasteiger partial charge in [-0.25, -0.2) is 0 Å². The molecule has 0 aromatic heterocycles. The predicted molar refractivity (Wildman–Crippen MR) is 75.8 cm³/mol. The molecule has 3 heteroatoms. The lowest BCUT2D eigenvalue weighted by Gasteiger charge is -2.08. The van der Waals surface area contributed by atoms with Crippen LogP contribution in [0.1, 0.15) is 47.2 Å². The van der Waals surface area contributed by atoms with Crippen molar-refractivity contribution in [1.29, 1.82) is 0 Å². The van der Waals surface area contributed by atoms with Gasteiger partial charge in [0.1, 0.15) is 0 Å². The van der Waals surface area contributed by atoms with Crippen LogP contribution in [-0.2, 0) is 0 Å². The van der Waals surface area contributed by atoms with Gasteiger partial charge in [-0.3, -0.25) is 4.79 Å². The van der Waals surface area contributed by atoms with Crippen LogP contribution in [0.25, 0.3) is 0 Å². The number of benzene rings is 1. The third-order valence-corrected chi connectivity index (χ3v) is 3.04. The van der Waals surface area contributed by atoms with E-state index in [2.05, 4.69) is 5.32 Å². The van der Waals surface area contributed by atoms with Crippen molar-refractivity contribution in [2.24, 2.45) is 5.73 Å². The third-order valence-electron chi connectivity index (χ3n) is 3.04. The van der Waals surface area contributed by atoms with Gasteiger partial charge < -0.3 is 11.1 Å². The number of nitrogens with two attached hydrogens (primary N) is 1. The Morgan fingerprint density at radius 3 is 2.56 bits per heavy atom. The molecule has 0 aliphatic carbocycles. The fourth-order valence-corrected chi connectivity index (χ4v) is 1.99. The van der Waals surface area contributed by atoms with Gasteiger partial charge in [0.25, 0.3) is 5.91 Å². The summed E-state index contributed by atoms with van der Waals surface area (Å²) in [6, 6.07) is 5.91. The maximum absolute atomic E-state index is 11.9. The smallest absolute Gasteiger partial charge is 0.251 e. The van der Waals surface area contributed by atoms with Gasteiger partial charge >= 0.3 is 0 Å². The quantitative estimate of drug-likeness (QED) is 0.729. The normalized spacial score (nSPS) is 10.4. The molecule has 0 fully saturated rings. The molecule has 100 valence electrons. The van der Waals surface area contributed by atoms with Crippen molar-refractivity contribution >= 4 is 5.91 Å². The van der Waals surface area contributed by atoms with E-state index in [0.717, 1.165) is 49.9 Å². The zero-order valence-electron chi connectivity index (χ0n) is 11.5. The van der Waals surface area contributed by atoms with Crippen molar-refractivity contribution in [3.63, 3.8) is 0 Å². The van der Waals surface area contributed by atoms with Crippen LogP contribution in [0, 0.1) is 13.8 Å². The lowest BCUT2D eigenvalue weighted by atomic mass is 10.1. The molecule has 1 amide bonds. The Hall–Kier alpha value is -1.35. The largest absolute Gasteiger partial charge is 0.352 e. The van der Waals surface area contributed by atoms with E-state index in [1.807, 2.05) is 32.0 Å². The minimum absolute atomic E-state index is 0.0336. The summed E-state index contributed by atoms with van der Waals surface area (Å²) in [6.45, 7) is 5.51. The van der Waals surface area contributed by atoms with Crippen LogP contribution in [0.5, 0.6) is 0 Å². The SMILES string of the molecule is Cc1ccc(C(=O)NCCCCCCN)c(C)c1. The first kappa shape index (κ1) is 14.7. The summed E-state index contributed by atoms with van der Waals surface area (Å²) in [5, 5.41) is 2.97. The topological polar surface area (TPSA) is 55.1 Å². The lowest BCUT2D eigenvalue weighted by Crippen LogP contribution is -2.25. The molecule has 0 heterocycles. The van der Waals surface area contributed by atoms with Gasteiger partial charge in [0.05, 0.1) is 0 Å². The molecule has 0 radical (unpaired) electrons. The highest BCUT2D eigenvalue weighted by atomic mass is 16.1. The first-order valence-electron chi connectivity index (χ1n) is 6.70. The molecule has 0 aliphatic rings. The van der Waals surface area contributed by atoms with E-state index in [-0.39, 0.29) is 5.91 Å². The van der Waals surface area contributed by atoms with Crippen molar-refractivity contribution in [2.45, 2.75) is 39.5 Å². The molecule has 0 saturated heterocycles. The average Bonchev–Trinajstić information content (AvgIpc) is 2.33. The van der Waals surface area contributed by atoms with E-state index in [9.17, 15) is 4.79 Å². The van der Waals surface area contributed by atoms with Gasteiger partial charge in [0, 0.05) is 12.1 Å². The van der Waals surface area contributed by atoms with Gasteiger partial charge in [-0.05, 0) is 44.9 Å². The van der Waals surface area contributed by atoms with Crippen molar-refractivity contribution in [1.82, 2.24) is 5.32 Å².